The normalized spacial score (nSPS) is 12.1. The minimum absolute atomic E-state index is 0.157. The van der Waals surface area contributed by atoms with Crippen LogP contribution in [0, 0.1) is 5.92 Å². The monoisotopic (exact) mass is 198 g/mol. The van der Waals surface area contributed by atoms with E-state index in [0.717, 1.165) is 12.8 Å². The number of hydrogen-bond donors (Lipinski definition) is 0. The number of ether oxygens (including phenoxy) is 1. The van der Waals surface area contributed by atoms with E-state index in [1.54, 1.807) is 6.08 Å². The molecule has 82 valence electrons. The van der Waals surface area contributed by atoms with Crippen molar-refractivity contribution in [2.45, 2.75) is 46.0 Å². The predicted octanol–water partition coefficient (Wildman–Crippen LogP) is 3.32. The maximum Gasteiger partial charge on any atom is 0.309 e. The second-order valence-corrected chi connectivity index (χ2v) is 3.59. The van der Waals surface area contributed by atoms with Crippen molar-refractivity contribution < 1.29 is 9.53 Å². The lowest BCUT2D eigenvalue weighted by atomic mass is 10.0. The quantitative estimate of drug-likeness (QED) is 0.442. The van der Waals surface area contributed by atoms with Crippen LogP contribution in [0.4, 0.5) is 0 Å². The second-order valence-electron chi connectivity index (χ2n) is 3.59. The van der Waals surface area contributed by atoms with Crippen molar-refractivity contribution in [3.05, 3.63) is 12.7 Å². The van der Waals surface area contributed by atoms with Gasteiger partial charge < -0.3 is 4.74 Å². The van der Waals surface area contributed by atoms with Crippen molar-refractivity contribution in [3.8, 4) is 0 Å². The van der Waals surface area contributed by atoms with Crippen LogP contribution in [-0.2, 0) is 9.53 Å². The van der Waals surface area contributed by atoms with Crippen LogP contribution < -0.4 is 0 Å². The van der Waals surface area contributed by atoms with Gasteiger partial charge in [0.05, 0.1) is 13.0 Å². The van der Waals surface area contributed by atoms with Crippen LogP contribution in [0.2, 0.25) is 0 Å². The number of esters is 1. The summed E-state index contributed by atoms with van der Waals surface area (Å²) < 4.78 is 5.12. The summed E-state index contributed by atoms with van der Waals surface area (Å²) in [6.45, 7) is 8.39. The molecule has 0 fully saturated rings. The molecular weight excluding hydrogens is 176 g/mol. The van der Waals surface area contributed by atoms with E-state index in [1.807, 2.05) is 0 Å². The fraction of sp³-hybridized carbons (Fsp3) is 0.750. The molecule has 0 N–H and O–H groups in total. The zero-order chi connectivity index (χ0) is 10.8. The molecule has 0 amide bonds. The van der Waals surface area contributed by atoms with Gasteiger partial charge in [-0.25, -0.2) is 0 Å². The van der Waals surface area contributed by atoms with Gasteiger partial charge in [0.2, 0.25) is 0 Å². The molecule has 0 radical (unpaired) electrons. The van der Waals surface area contributed by atoms with Crippen LogP contribution in [-0.4, -0.2) is 12.6 Å². The molecule has 0 aliphatic carbocycles. The van der Waals surface area contributed by atoms with Gasteiger partial charge in [-0.2, -0.15) is 0 Å². The van der Waals surface area contributed by atoms with Gasteiger partial charge in [-0.1, -0.05) is 39.2 Å². The van der Waals surface area contributed by atoms with Gasteiger partial charge in [-0.3, -0.25) is 4.79 Å². The largest absolute Gasteiger partial charge is 0.465 e. The molecule has 2 heteroatoms. The second kappa shape index (κ2) is 8.79. The zero-order valence-electron chi connectivity index (χ0n) is 9.42. The Morgan fingerprint density at radius 1 is 1.50 bits per heavy atom. The first kappa shape index (κ1) is 13.2. The van der Waals surface area contributed by atoms with Crippen LogP contribution in [0.5, 0.6) is 0 Å². The maximum absolute atomic E-state index is 11.0. The molecule has 1 unspecified atom stereocenters. The average molecular weight is 198 g/mol. The Balaban J connectivity index is 3.60. The molecule has 0 aliphatic rings. The lowest BCUT2D eigenvalue weighted by Gasteiger charge is -2.13. The van der Waals surface area contributed by atoms with Crippen molar-refractivity contribution in [2.24, 2.45) is 5.92 Å². The molecule has 14 heavy (non-hydrogen) atoms. The molecule has 0 aliphatic heterocycles. The number of carbonyl (C=O) groups excluding carboxylic acids is 1. The highest BCUT2D eigenvalue weighted by molar-refractivity contribution is 5.70. The highest BCUT2D eigenvalue weighted by atomic mass is 16.5. The van der Waals surface area contributed by atoms with Gasteiger partial charge >= 0.3 is 5.97 Å². The third-order valence-electron chi connectivity index (χ3n) is 2.33. The third-order valence-corrected chi connectivity index (χ3v) is 2.33. The number of unbranched alkanes of at least 4 members (excludes halogenated alkanes) is 1. The molecule has 0 rings (SSSR count). The first-order chi connectivity index (χ1) is 6.74. The molecule has 0 bridgehead atoms. The molecular formula is C12H22O2. The van der Waals surface area contributed by atoms with Gasteiger partial charge in [0, 0.05) is 0 Å². The van der Waals surface area contributed by atoms with E-state index in [2.05, 4.69) is 20.4 Å². The lowest BCUT2D eigenvalue weighted by Crippen LogP contribution is -2.13. The summed E-state index contributed by atoms with van der Waals surface area (Å²) in [4.78, 5) is 11.0. The van der Waals surface area contributed by atoms with Crippen LogP contribution in [0.1, 0.15) is 46.0 Å². The number of rotatable bonds is 8. The summed E-state index contributed by atoms with van der Waals surface area (Å²) in [6, 6.07) is 0. The smallest absolute Gasteiger partial charge is 0.309 e. The molecule has 0 heterocycles. The third kappa shape index (κ3) is 6.70. The average Bonchev–Trinajstić information content (AvgIpc) is 2.19. The maximum atomic E-state index is 11.0. The summed E-state index contributed by atoms with van der Waals surface area (Å²) in [5, 5.41) is 0. The fourth-order valence-electron chi connectivity index (χ4n) is 1.29. The summed E-state index contributed by atoms with van der Waals surface area (Å²) in [5.74, 6) is 0.374. The minimum Gasteiger partial charge on any atom is -0.465 e. The van der Waals surface area contributed by atoms with Gasteiger partial charge in [0.1, 0.15) is 0 Å². The van der Waals surface area contributed by atoms with Crippen LogP contribution in [0.15, 0.2) is 12.7 Å². The molecule has 0 saturated heterocycles. The predicted molar refractivity (Wildman–Crippen MR) is 59.1 cm³/mol. The standard InChI is InChI=1S/C12H22O2/c1-4-7-9-11(6-3)10-14-12(13)8-5-2/h5,11H,2,4,6-10H2,1,3H3. The first-order valence-corrected chi connectivity index (χ1v) is 5.51. The number of hydrogen-bond acceptors (Lipinski definition) is 2. The van der Waals surface area contributed by atoms with Crippen molar-refractivity contribution >= 4 is 5.97 Å². The Labute approximate surface area is 87.3 Å². The van der Waals surface area contributed by atoms with Crippen LogP contribution in [0.3, 0.4) is 0 Å². The Kier molecular flexibility index (Phi) is 8.30. The Morgan fingerprint density at radius 2 is 2.21 bits per heavy atom. The van der Waals surface area contributed by atoms with E-state index in [0.29, 0.717) is 18.9 Å². The lowest BCUT2D eigenvalue weighted by molar-refractivity contribution is -0.144. The fourth-order valence-corrected chi connectivity index (χ4v) is 1.29. The van der Waals surface area contributed by atoms with Crippen LogP contribution in [0.25, 0.3) is 0 Å². The van der Waals surface area contributed by atoms with Gasteiger partial charge in [-0.15, -0.1) is 6.58 Å². The van der Waals surface area contributed by atoms with Gasteiger partial charge in [-0.05, 0) is 12.3 Å². The molecule has 0 aromatic rings. The Hall–Kier alpha value is -0.790. The minimum atomic E-state index is -0.157. The van der Waals surface area contributed by atoms with E-state index in [-0.39, 0.29) is 5.97 Å². The summed E-state index contributed by atoms with van der Waals surface area (Å²) in [7, 11) is 0. The van der Waals surface area contributed by atoms with Crippen molar-refractivity contribution in [1.82, 2.24) is 0 Å². The molecule has 0 spiro atoms. The molecule has 0 saturated carbocycles. The summed E-state index contributed by atoms with van der Waals surface area (Å²) in [5.41, 5.74) is 0. The SMILES string of the molecule is C=CCC(=O)OCC(CC)CCCC. The van der Waals surface area contributed by atoms with E-state index < -0.39 is 0 Å². The number of carbonyl (C=O) groups is 1. The zero-order valence-corrected chi connectivity index (χ0v) is 9.42. The molecule has 1 atom stereocenters. The van der Waals surface area contributed by atoms with Crippen molar-refractivity contribution in [3.63, 3.8) is 0 Å². The Bertz CT molecular complexity index is 164. The van der Waals surface area contributed by atoms with E-state index in [1.165, 1.54) is 12.8 Å². The van der Waals surface area contributed by atoms with Gasteiger partial charge in [0.15, 0.2) is 0 Å². The van der Waals surface area contributed by atoms with E-state index >= 15 is 0 Å². The van der Waals surface area contributed by atoms with E-state index in [9.17, 15) is 4.79 Å². The van der Waals surface area contributed by atoms with Gasteiger partial charge in [0.25, 0.3) is 0 Å². The van der Waals surface area contributed by atoms with Crippen molar-refractivity contribution in [1.29, 1.82) is 0 Å². The van der Waals surface area contributed by atoms with Crippen molar-refractivity contribution in [2.75, 3.05) is 6.61 Å². The summed E-state index contributed by atoms with van der Waals surface area (Å²) >= 11 is 0. The Morgan fingerprint density at radius 3 is 2.71 bits per heavy atom. The van der Waals surface area contributed by atoms with E-state index in [4.69, 9.17) is 4.74 Å². The molecule has 0 aromatic carbocycles. The topological polar surface area (TPSA) is 26.3 Å². The highest BCUT2D eigenvalue weighted by Gasteiger charge is 2.08. The summed E-state index contributed by atoms with van der Waals surface area (Å²) in [6.07, 6.45) is 6.57. The first-order valence-electron chi connectivity index (χ1n) is 5.51. The highest BCUT2D eigenvalue weighted by Crippen LogP contribution is 2.12. The van der Waals surface area contributed by atoms with Crippen LogP contribution >= 0.6 is 0 Å². The molecule has 0 aromatic heterocycles. The molecule has 2 nitrogen and oxygen atoms in total.